The van der Waals surface area contributed by atoms with Crippen molar-refractivity contribution in [3.63, 3.8) is 0 Å². The predicted molar refractivity (Wildman–Crippen MR) is 101 cm³/mol. The maximum atomic E-state index is 12.1. The molecule has 0 saturated carbocycles. The number of halogens is 1. The SMILES string of the molecule is CC(C)C(NC(=O)OCc1ccccc1)C(=O)OCCOC(=O)OCI. The monoisotopic (exact) mass is 479 g/mol. The van der Waals surface area contributed by atoms with E-state index in [0.29, 0.717) is 0 Å². The Balaban J connectivity index is 2.37. The van der Waals surface area contributed by atoms with Crippen molar-refractivity contribution in [1.29, 1.82) is 0 Å². The standard InChI is InChI=1S/C17H22INO7/c1-12(2)14(15(20)23-8-9-24-17(22)26-11-18)19-16(21)25-10-13-6-4-3-5-7-13/h3-7,12,14H,8-11H2,1-2H3,(H,19,21). The molecule has 1 aromatic carbocycles. The van der Waals surface area contributed by atoms with E-state index in [2.05, 4.69) is 14.8 Å². The minimum atomic E-state index is -0.875. The van der Waals surface area contributed by atoms with Crippen LogP contribution in [0.1, 0.15) is 19.4 Å². The van der Waals surface area contributed by atoms with Gasteiger partial charge in [-0.05, 0) is 34.1 Å². The fraction of sp³-hybridized carbons (Fsp3) is 0.471. The molecule has 0 bridgehead atoms. The number of rotatable bonds is 9. The molecule has 1 N–H and O–H groups in total. The number of ether oxygens (including phenoxy) is 4. The molecule has 9 heteroatoms. The van der Waals surface area contributed by atoms with E-state index in [4.69, 9.17) is 9.47 Å². The second-order valence-electron chi connectivity index (χ2n) is 5.45. The average molecular weight is 479 g/mol. The molecule has 0 heterocycles. The third kappa shape index (κ3) is 8.88. The molecule has 1 rings (SSSR count). The molecule has 0 aliphatic rings. The molecule has 1 aromatic rings. The number of amides is 1. The van der Waals surface area contributed by atoms with E-state index in [-0.39, 0.29) is 30.4 Å². The summed E-state index contributed by atoms with van der Waals surface area (Å²) in [5, 5.41) is 2.49. The third-order valence-electron chi connectivity index (χ3n) is 3.13. The van der Waals surface area contributed by atoms with Crippen molar-refractivity contribution in [3.8, 4) is 0 Å². The topological polar surface area (TPSA) is 100 Å². The van der Waals surface area contributed by atoms with Gasteiger partial charge in [0.15, 0.2) is 0 Å². The Morgan fingerprint density at radius 3 is 2.27 bits per heavy atom. The number of carbonyl (C=O) groups is 3. The van der Waals surface area contributed by atoms with Crippen molar-refractivity contribution in [2.45, 2.75) is 26.5 Å². The summed E-state index contributed by atoms with van der Waals surface area (Å²) in [5.41, 5.74) is 0.835. The lowest BCUT2D eigenvalue weighted by Crippen LogP contribution is -2.45. The highest BCUT2D eigenvalue weighted by Gasteiger charge is 2.26. The smallest absolute Gasteiger partial charge is 0.461 e. The Bertz CT molecular complexity index is 580. The fourth-order valence-electron chi connectivity index (χ4n) is 1.83. The highest BCUT2D eigenvalue weighted by Crippen LogP contribution is 2.06. The van der Waals surface area contributed by atoms with Crippen LogP contribution < -0.4 is 5.32 Å². The Labute approximate surface area is 165 Å². The van der Waals surface area contributed by atoms with Crippen LogP contribution in [0.5, 0.6) is 0 Å². The average Bonchev–Trinajstić information content (AvgIpc) is 2.62. The Morgan fingerprint density at radius 2 is 1.65 bits per heavy atom. The van der Waals surface area contributed by atoms with Crippen molar-refractivity contribution < 1.29 is 33.3 Å². The van der Waals surface area contributed by atoms with Crippen molar-refractivity contribution in [2.75, 3.05) is 17.8 Å². The summed E-state index contributed by atoms with van der Waals surface area (Å²) < 4.78 is 19.5. The first-order valence-electron chi connectivity index (χ1n) is 7.93. The highest BCUT2D eigenvalue weighted by molar-refractivity contribution is 14.1. The summed E-state index contributed by atoms with van der Waals surface area (Å²) >= 11 is 1.85. The maximum Gasteiger partial charge on any atom is 0.509 e. The summed E-state index contributed by atoms with van der Waals surface area (Å²) in [7, 11) is 0. The Hall–Kier alpha value is -2.04. The summed E-state index contributed by atoms with van der Waals surface area (Å²) in [6, 6.07) is 8.31. The minimum Gasteiger partial charge on any atom is -0.461 e. The number of hydrogen-bond acceptors (Lipinski definition) is 7. The van der Waals surface area contributed by atoms with Crippen LogP contribution in [0.4, 0.5) is 9.59 Å². The molecule has 0 fully saturated rings. The summed E-state index contributed by atoms with van der Waals surface area (Å²) in [5.74, 6) is -0.848. The van der Waals surface area contributed by atoms with Crippen LogP contribution in [-0.4, -0.2) is 42.1 Å². The van der Waals surface area contributed by atoms with Crippen LogP contribution in [0.3, 0.4) is 0 Å². The van der Waals surface area contributed by atoms with Gasteiger partial charge in [-0.25, -0.2) is 14.4 Å². The highest BCUT2D eigenvalue weighted by atomic mass is 127. The second-order valence-corrected chi connectivity index (χ2v) is 6.07. The quantitative estimate of drug-likeness (QED) is 0.191. The van der Waals surface area contributed by atoms with Crippen molar-refractivity contribution >= 4 is 40.8 Å². The Kier molecular flexibility index (Phi) is 10.4. The lowest BCUT2D eigenvalue weighted by molar-refractivity contribution is -0.148. The van der Waals surface area contributed by atoms with Crippen molar-refractivity contribution in [3.05, 3.63) is 35.9 Å². The molecule has 144 valence electrons. The molecule has 1 atom stereocenters. The zero-order valence-corrected chi connectivity index (χ0v) is 16.8. The molecule has 8 nitrogen and oxygen atoms in total. The lowest BCUT2D eigenvalue weighted by atomic mass is 10.1. The molecule has 0 aromatic heterocycles. The van der Waals surface area contributed by atoms with Gasteiger partial charge in [-0.3, -0.25) is 0 Å². The molecule has 0 radical (unpaired) electrons. The van der Waals surface area contributed by atoms with Crippen LogP contribution in [-0.2, 0) is 30.3 Å². The molecule has 0 spiro atoms. The zero-order chi connectivity index (χ0) is 19.4. The van der Waals surface area contributed by atoms with Crippen molar-refractivity contribution in [2.24, 2.45) is 5.92 Å². The van der Waals surface area contributed by atoms with Gasteiger partial charge in [0.2, 0.25) is 0 Å². The first-order valence-corrected chi connectivity index (χ1v) is 9.46. The van der Waals surface area contributed by atoms with Gasteiger partial charge in [-0.1, -0.05) is 44.2 Å². The largest absolute Gasteiger partial charge is 0.509 e. The molecule has 1 amide bonds. The maximum absolute atomic E-state index is 12.1. The van der Waals surface area contributed by atoms with Gasteiger partial charge in [-0.15, -0.1) is 0 Å². The normalized spacial score (nSPS) is 11.4. The van der Waals surface area contributed by atoms with Crippen molar-refractivity contribution in [1.82, 2.24) is 5.32 Å². The number of alkyl halides is 1. The summed E-state index contributed by atoms with van der Waals surface area (Å²) in [6.07, 6.45) is -1.55. The van der Waals surface area contributed by atoms with E-state index in [0.717, 1.165) is 5.56 Å². The van der Waals surface area contributed by atoms with Crippen LogP contribution in [0.15, 0.2) is 30.3 Å². The number of benzene rings is 1. The molecular weight excluding hydrogens is 457 g/mol. The lowest BCUT2D eigenvalue weighted by Gasteiger charge is -2.20. The van der Waals surface area contributed by atoms with Gasteiger partial charge in [0.1, 0.15) is 30.5 Å². The predicted octanol–water partition coefficient (Wildman–Crippen LogP) is 3.03. The number of carbonyl (C=O) groups excluding carboxylic acids is 3. The number of hydrogen-bond donors (Lipinski definition) is 1. The van der Waals surface area contributed by atoms with E-state index in [1.54, 1.807) is 13.8 Å². The van der Waals surface area contributed by atoms with E-state index < -0.39 is 24.3 Å². The number of esters is 1. The molecule has 26 heavy (non-hydrogen) atoms. The second kappa shape index (κ2) is 12.3. The van der Waals surface area contributed by atoms with Crippen LogP contribution in [0.25, 0.3) is 0 Å². The van der Waals surface area contributed by atoms with E-state index >= 15 is 0 Å². The fourth-order valence-corrected chi connectivity index (χ4v) is 2.09. The van der Waals surface area contributed by atoms with Crippen LogP contribution in [0.2, 0.25) is 0 Å². The molecule has 0 aliphatic carbocycles. The molecule has 0 aliphatic heterocycles. The third-order valence-corrected chi connectivity index (χ3v) is 3.44. The van der Waals surface area contributed by atoms with Crippen LogP contribution in [0, 0.1) is 5.92 Å². The zero-order valence-electron chi connectivity index (χ0n) is 14.6. The number of nitrogens with one attached hydrogen (secondary N) is 1. The van der Waals surface area contributed by atoms with Gasteiger partial charge in [0.25, 0.3) is 0 Å². The van der Waals surface area contributed by atoms with E-state index in [1.165, 1.54) is 0 Å². The van der Waals surface area contributed by atoms with Crippen LogP contribution >= 0.6 is 22.6 Å². The summed E-state index contributed by atoms with van der Waals surface area (Å²) in [4.78, 5) is 35.0. The first kappa shape index (κ1) is 22.0. The summed E-state index contributed by atoms with van der Waals surface area (Å²) in [6.45, 7) is 3.35. The minimum absolute atomic E-state index is 0.0965. The van der Waals surface area contributed by atoms with E-state index in [1.807, 2.05) is 52.9 Å². The molecular formula is C17H22INO7. The first-order chi connectivity index (χ1) is 12.4. The van der Waals surface area contributed by atoms with Gasteiger partial charge < -0.3 is 24.3 Å². The number of alkyl carbamates (subject to hydrolysis) is 1. The molecule has 1 unspecified atom stereocenters. The van der Waals surface area contributed by atoms with Gasteiger partial charge in [-0.2, -0.15) is 0 Å². The van der Waals surface area contributed by atoms with E-state index in [9.17, 15) is 14.4 Å². The van der Waals surface area contributed by atoms with Gasteiger partial charge in [0, 0.05) is 0 Å². The Morgan fingerprint density at radius 1 is 1.00 bits per heavy atom. The van der Waals surface area contributed by atoms with Gasteiger partial charge in [0.05, 0.1) is 0 Å². The van der Waals surface area contributed by atoms with Gasteiger partial charge >= 0.3 is 18.2 Å². The molecule has 0 saturated heterocycles.